The third kappa shape index (κ3) is 7.51. The summed E-state index contributed by atoms with van der Waals surface area (Å²) in [6, 6.07) is 0. The molecular weight excluding hydrogens is 463 g/mol. The van der Waals surface area contributed by atoms with Crippen molar-refractivity contribution in [3.05, 3.63) is 5.82 Å². The Morgan fingerprint density at radius 2 is 2.00 bits per heavy atom. The van der Waals surface area contributed by atoms with Crippen LogP contribution in [-0.4, -0.2) is 73.2 Å². The normalized spacial score (nSPS) is 15.3. The van der Waals surface area contributed by atoms with Gasteiger partial charge in [0.25, 0.3) is 0 Å². The van der Waals surface area contributed by atoms with Crippen LogP contribution < -0.4 is 10.2 Å². The number of aryl methyl sites for hydroxylation is 1. The summed E-state index contributed by atoms with van der Waals surface area (Å²) in [6.45, 7) is 12.6. The van der Waals surface area contributed by atoms with Crippen molar-refractivity contribution in [1.82, 2.24) is 19.6 Å². The van der Waals surface area contributed by atoms with Crippen LogP contribution in [0.1, 0.15) is 33.0 Å². The second kappa shape index (κ2) is 12.7. The smallest absolute Gasteiger partial charge is 0.205 e. The Kier molecular flexibility index (Phi) is 11.4. The van der Waals surface area contributed by atoms with Gasteiger partial charge in [-0.05, 0) is 12.3 Å². The van der Waals surface area contributed by atoms with Gasteiger partial charge < -0.3 is 19.9 Å². The molecule has 26 heavy (non-hydrogen) atoms. The van der Waals surface area contributed by atoms with Gasteiger partial charge in [0.1, 0.15) is 5.82 Å². The van der Waals surface area contributed by atoms with Crippen molar-refractivity contribution in [2.24, 2.45) is 10.9 Å². The van der Waals surface area contributed by atoms with Crippen LogP contribution in [0.25, 0.3) is 0 Å². The van der Waals surface area contributed by atoms with E-state index in [1.807, 2.05) is 7.05 Å². The molecule has 0 amide bonds. The molecule has 0 spiro atoms. The van der Waals surface area contributed by atoms with E-state index < -0.39 is 0 Å². The molecule has 1 aromatic heterocycles. The van der Waals surface area contributed by atoms with Gasteiger partial charge in [0.05, 0.1) is 6.61 Å². The predicted molar refractivity (Wildman–Crippen MR) is 120 cm³/mol. The van der Waals surface area contributed by atoms with Crippen LogP contribution in [-0.2, 0) is 11.2 Å². The van der Waals surface area contributed by atoms with Crippen molar-refractivity contribution in [3.63, 3.8) is 0 Å². The molecule has 1 fully saturated rings. The number of nitrogens with one attached hydrogen (secondary N) is 1. The van der Waals surface area contributed by atoms with Crippen molar-refractivity contribution in [2.45, 2.75) is 33.6 Å². The third-order valence-electron chi connectivity index (χ3n) is 4.20. The summed E-state index contributed by atoms with van der Waals surface area (Å²) >= 11 is 1.50. The Labute approximate surface area is 178 Å². The zero-order valence-corrected chi connectivity index (χ0v) is 19.5. The van der Waals surface area contributed by atoms with Gasteiger partial charge in [-0.2, -0.15) is 4.37 Å². The number of aromatic nitrogens is 2. The minimum Gasteiger partial charge on any atom is -0.380 e. The number of anilines is 1. The molecule has 150 valence electrons. The standard InChI is InChI=1S/C17H32N6OS.HI/c1-5-15-20-17(25-21-15)23-10-8-22(9-11-23)16(18-4)19-7-13-24-12-6-14(2)3;/h14H,5-13H2,1-4H3,(H,18,19);1H. The van der Waals surface area contributed by atoms with Crippen molar-refractivity contribution < 1.29 is 4.74 Å². The lowest BCUT2D eigenvalue weighted by Crippen LogP contribution is -2.53. The molecule has 1 aromatic rings. The molecule has 1 saturated heterocycles. The van der Waals surface area contributed by atoms with Crippen molar-refractivity contribution >= 4 is 46.6 Å². The average Bonchev–Trinajstić information content (AvgIpc) is 3.10. The molecule has 1 aliphatic rings. The van der Waals surface area contributed by atoms with Crippen LogP contribution in [0.15, 0.2) is 4.99 Å². The van der Waals surface area contributed by atoms with Gasteiger partial charge >= 0.3 is 0 Å². The largest absolute Gasteiger partial charge is 0.380 e. The third-order valence-corrected chi connectivity index (χ3v) is 5.02. The van der Waals surface area contributed by atoms with Crippen LogP contribution in [0.4, 0.5) is 5.13 Å². The SMILES string of the molecule is CCc1nsc(N2CCN(C(=NC)NCCOCCC(C)C)CC2)n1.I. The quantitative estimate of drug-likeness (QED) is 0.258. The summed E-state index contributed by atoms with van der Waals surface area (Å²) in [5.41, 5.74) is 0. The van der Waals surface area contributed by atoms with E-state index in [0.717, 1.165) is 75.7 Å². The second-order valence-electron chi connectivity index (χ2n) is 6.59. The van der Waals surface area contributed by atoms with Crippen molar-refractivity contribution in [1.29, 1.82) is 0 Å². The fourth-order valence-electron chi connectivity index (χ4n) is 2.61. The summed E-state index contributed by atoms with van der Waals surface area (Å²) in [4.78, 5) is 13.6. The Balaban J connectivity index is 0.00000338. The van der Waals surface area contributed by atoms with E-state index in [2.05, 4.69) is 50.2 Å². The molecule has 0 atom stereocenters. The maximum absolute atomic E-state index is 5.66. The van der Waals surface area contributed by atoms with Gasteiger partial charge in [-0.25, -0.2) is 4.98 Å². The first-order valence-corrected chi connectivity index (χ1v) is 10.0. The molecule has 9 heteroatoms. The highest BCUT2D eigenvalue weighted by molar-refractivity contribution is 14.0. The van der Waals surface area contributed by atoms with Gasteiger partial charge in [0.2, 0.25) is 5.13 Å². The lowest BCUT2D eigenvalue weighted by Gasteiger charge is -2.36. The highest BCUT2D eigenvalue weighted by Crippen LogP contribution is 2.19. The predicted octanol–water partition coefficient (Wildman–Crippen LogP) is 2.48. The molecule has 0 aromatic carbocycles. The first-order chi connectivity index (χ1) is 12.1. The fourth-order valence-corrected chi connectivity index (χ4v) is 3.42. The maximum atomic E-state index is 5.66. The zero-order chi connectivity index (χ0) is 18.1. The van der Waals surface area contributed by atoms with E-state index >= 15 is 0 Å². The van der Waals surface area contributed by atoms with Crippen LogP contribution in [0.3, 0.4) is 0 Å². The fraction of sp³-hybridized carbons (Fsp3) is 0.824. The molecule has 1 aliphatic heterocycles. The molecule has 0 saturated carbocycles. The van der Waals surface area contributed by atoms with Gasteiger partial charge in [-0.3, -0.25) is 4.99 Å². The Hall–Kier alpha value is -0.680. The Bertz CT molecular complexity index is 531. The maximum Gasteiger partial charge on any atom is 0.205 e. The second-order valence-corrected chi connectivity index (χ2v) is 7.32. The summed E-state index contributed by atoms with van der Waals surface area (Å²) in [5.74, 6) is 2.59. The lowest BCUT2D eigenvalue weighted by molar-refractivity contribution is 0.127. The molecule has 0 aliphatic carbocycles. The number of hydrogen-bond donors (Lipinski definition) is 1. The molecule has 2 heterocycles. The number of rotatable bonds is 8. The molecule has 7 nitrogen and oxygen atoms in total. The first kappa shape index (κ1) is 23.4. The van der Waals surface area contributed by atoms with E-state index in [1.54, 1.807) is 0 Å². The van der Waals surface area contributed by atoms with Crippen LogP contribution in [0, 0.1) is 5.92 Å². The van der Waals surface area contributed by atoms with Crippen LogP contribution in [0.2, 0.25) is 0 Å². The van der Waals surface area contributed by atoms with E-state index in [9.17, 15) is 0 Å². The molecule has 1 N–H and O–H groups in total. The number of ether oxygens (including phenoxy) is 1. The van der Waals surface area contributed by atoms with Crippen molar-refractivity contribution in [3.8, 4) is 0 Å². The van der Waals surface area contributed by atoms with Crippen molar-refractivity contribution in [2.75, 3.05) is 57.9 Å². The van der Waals surface area contributed by atoms with Crippen LogP contribution in [0.5, 0.6) is 0 Å². The van der Waals surface area contributed by atoms with Gasteiger partial charge in [0.15, 0.2) is 5.96 Å². The highest BCUT2D eigenvalue weighted by atomic mass is 127. The Morgan fingerprint density at radius 3 is 2.58 bits per heavy atom. The summed E-state index contributed by atoms with van der Waals surface area (Å²) in [7, 11) is 1.84. The molecule has 2 rings (SSSR count). The Morgan fingerprint density at radius 1 is 1.27 bits per heavy atom. The number of nitrogens with zero attached hydrogens (tertiary/aromatic N) is 5. The van der Waals surface area contributed by atoms with Crippen LogP contribution >= 0.6 is 35.5 Å². The van der Waals surface area contributed by atoms with E-state index in [4.69, 9.17) is 4.74 Å². The number of halogens is 1. The minimum atomic E-state index is 0. The summed E-state index contributed by atoms with van der Waals surface area (Å²) in [5, 5.41) is 4.44. The van der Waals surface area contributed by atoms with E-state index in [-0.39, 0.29) is 24.0 Å². The van der Waals surface area contributed by atoms with Gasteiger partial charge in [-0.15, -0.1) is 24.0 Å². The number of hydrogen-bond acceptors (Lipinski definition) is 6. The van der Waals surface area contributed by atoms with E-state index in [1.165, 1.54) is 11.5 Å². The molecule has 0 unspecified atom stereocenters. The summed E-state index contributed by atoms with van der Waals surface area (Å²) < 4.78 is 10.0. The molecule has 0 radical (unpaired) electrons. The highest BCUT2D eigenvalue weighted by Gasteiger charge is 2.21. The molecular formula is C17H33IN6OS. The van der Waals surface area contributed by atoms with Gasteiger partial charge in [-0.1, -0.05) is 20.8 Å². The van der Waals surface area contributed by atoms with E-state index in [0.29, 0.717) is 5.92 Å². The zero-order valence-electron chi connectivity index (χ0n) is 16.4. The average molecular weight is 496 g/mol. The molecule has 0 bridgehead atoms. The lowest BCUT2D eigenvalue weighted by atomic mass is 10.1. The number of piperazine rings is 1. The summed E-state index contributed by atoms with van der Waals surface area (Å²) in [6.07, 6.45) is 2.01. The van der Waals surface area contributed by atoms with Gasteiger partial charge in [0, 0.05) is 64.3 Å². The minimum absolute atomic E-state index is 0. The monoisotopic (exact) mass is 496 g/mol. The topological polar surface area (TPSA) is 65.9 Å². The number of guanidine groups is 1. The first-order valence-electron chi connectivity index (χ1n) is 9.24. The number of aliphatic imine (C=N–C) groups is 1.